The number of hydrogen-bond acceptors (Lipinski definition) is 3. The number of nitrogens with two attached hydrogens (primary N) is 1. The van der Waals surface area contributed by atoms with Crippen molar-refractivity contribution in [3.8, 4) is 0 Å². The highest BCUT2D eigenvalue weighted by Gasteiger charge is 2.16. The zero-order chi connectivity index (χ0) is 15.1. The van der Waals surface area contributed by atoms with Crippen LogP contribution in [-0.4, -0.2) is 42.6 Å². The van der Waals surface area contributed by atoms with Gasteiger partial charge in [0, 0.05) is 35.8 Å². The Morgan fingerprint density at radius 2 is 2.20 bits per heavy atom. The van der Waals surface area contributed by atoms with E-state index in [0.717, 1.165) is 3.57 Å². The molecule has 0 saturated heterocycles. The molecule has 0 saturated carbocycles. The van der Waals surface area contributed by atoms with Crippen molar-refractivity contribution in [1.29, 1.82) is 0 Å². The average molecular weight is 427 g/mol. The van der Waals surface area contributed by atoms with Crippen LogP contribution in [0.3, 0.4) is 0 Å². The molecule has 1 rings (SSSR count). The molecule has 0 aliphatic carbocycles. The lowest BCUT2D eigenvalue weighted by molar-refractivity contribution is 0.0701. The van der Waals surface area contributed by atoms with Gasteiger partial charge in [0.25, 0.3) is 5.91 Å². The van der Waals surface area contributed by atoms with Crippen LogP contribution in [0, 0.1) is 3.57 Å². The van der Waals surface area contributed by atoms with Crippen LogP contribution < -0.4 is 5.73 Å². The van der Waals surface area contributed by atoms with Gasteiger partial charge in [-0.05, 0) is 40.8 Å². The van der Waals surface area contributed by atoms with Crippen LogP contribution in [0.5, 0.6) is 0 Å². The molecule has 1 aromatic carbocycles. The Morgan fingerprint density at radius 3 is 2.75 bits per heavy atom. The standard InChI is InChI=1S/C13H16ClIN2O2S/c1-19-7-6-17(5-4-12(16)20)13(18)9-2-3-11(15)10(14)8-9/h2-3,8H,4-7H2,1H3,(H2,16,20). The first-order valence-electron chi connectivity index (χ1n) is 5.97. The number of hydrogen-bond donors (Lipinski definition) is 1. The Morgan fingerprint density at radius 1 is 1.50 bits per heavy atom. The Labute approximate surface area is 142 Å². The summed E-state index contributed by atoms with van der Waals surface area (Å²) in [4.78, 5) is 14.5. The Hall–Kier alpha value is -0.440. The summed E-state index contributed by atoms with van der Waals surface area (Å²) in [5.74, 6) is -0.100. The second kappa shape index (κ2) is 8.76. The molecule has 2 N–H and O–H groups in total. The van der Waals surface area contributed by atoms with Crippen molar-refractivity contribution in [2.45, 2.75) is 6.42 Å². The summed E-state index contributed by atoms with van der Waals surface area (Å²) in [6.07, 6.45) is 0.489. The SMILES string of the molecule is COCCN(CCC(N)=S)C(=O)c1ccc(I)c(Cl)c1. The molecule has 0 spiro atoms. The summed E-state index contributed by atoms with van der Waals surface area (Å²) in [5.41, 5.74) is 6.04. The van der Waals surface area contributed by atoms with Crippen molar-refractivity contribution < 1.29 is 9.53 Å². The van der Waals surface area contributed by atoms with Gasteiger partial charge in [0.1, 0.15) is 0 Å². The topological polar surface area (TPSA) is 55.6 Å². The number of methoxy groups -OCH3 is 1. The van der Waals surface area contributed by atoms with Crippen molar-refractivity contribution >= 4 is 57.3 Å². The predicted molar refractivity (Wildman–Crippen MR) is 93.4 cm³/mol. The van der Waals surface area contributed by atoms with Crippen LogP contribution >= 0.6 is 46.4 Å². The number of halogens is 2. The van der Waals surface area contributed by atoms with Gasteiger partial charge in [-0.15, -0.1) is 0 Å². The highest BCUT2D eigenvalue weighted by molar-refractivity contribution is 14.1. The molecule has 0 bridgehead atoms. The Bertz CT molecular complexity index is 499. The van der Waals surface area contributed by atoms with Gasteiger partial charge >= 0.3 is 0 Å². The number of benzene rings is 1. The highest BCUT2D eigenvalue weighted by Crippen LogP contribution is 2.20. The third kappa shape index (κ3) is 5.51. The monoisotopic (exact) mass is 426 g/mol. The first-order valence-corrected chi connectivity index (χ1v) is 7.83. The number of amides is 1. The molecule has 0 unspecified atom stereocenters. The third-order valence-electron chi connectivity index (χ3n) is 2.65. The van der Waals surface area contributed by atoms with Crippen LogP contribution in [0.2, 0.25) is 5.02 Å². The quantitative estimate of drug-likeness (QED) is 0.538. The molecule has 0 aromatic heterocycles. The van der Waals surface area contributed by atoms with Gasteiger partial charge in [-0.25, -0.2) is 0 Å². The molecule has 0 radical (unpaired) electrons. The first-order chi connectivity index (χ1) is 9.45. The number of rotatable bonds is 7. The highest BCUT2D eigenvalue weighted by atomic mass is 127. The number of ether oxygens (including phenoxy) is 1. The van der Waals surface area contributed by atoms with E-state index in [4.69, 9.17) is 34.3 Å². The Kier molecular flexibility index (Phi) is 7.71. The molecule has 0 aliphatic rings. The van der Waals surface area contributed by atoms with Crippen LogP contribution in [0.1, 0.15) is 16.8 Å². The molecule has 0 aliphatic heterocycles. The minimum absolute atomic E-state index is 0.100. The molecule has 1 aromatic rings. The summed E-state index contributed by atoms with van der Waals surface area (Å²) in [5, 5.41) is 0.567. The van der Waals surface area contributed by atoms with E-state index in [1.54, 1.807) is 24.1 Å². The smallest absolute Gasteiger partial charge is 0.253 e. The number of carbonyl (C=O) groups is 1. The van der Waals surface area contributed by atoms with Crippen LogP contribution in [-0.2, 0) is 4.74 Å². The van der Waals surface area contributed by atoms with Gasteiger partial charge < -0.3 is 15.4 Å². The fourth-order valence-corrected chi connectivity index (χ4v) is 2.18. The minimum atomic E-state index is -0.100. The van der Waals surface area contributed by atoms with Crippen molar-refractivity contribution in [2.24, 2.45) is 5.73 Å². The van der Waals surface area contributed by atoms with E-state index in [-0.39, 0.29) is 5.91 Å². The Balaban J connectivity index is 2.84. The maximum Gasteiger partial charge on any atom is 0.253 e. The number of carbonyl (C=O) groups excluding carboxylic acids is 1. The van der Waals surface area contributed by atoms with Gasteiger partial charge in [0.2, 0.25) is 0 Å². The average Bonchev–Trinajstić information content (AvgIpc) is 2.41. The summed E-state index contributed by atoms with van der Waals surface area (Å²) in [6, 6.07) is 5.25. The number of thiocarbonyl (C=S) groups is 1. The van der Waals surface area contributed by atoms with E-state index in [2.05, 4.69) is 22.6 Å². The van der Waals surface area contributed by atoms with Crippen molar-refractivity contribution in [2.75, 3.05) is 26.8 Å². The largest absolute Gasteiger partial charge is 0.393 e. The van der Waals surface area contributed by atoms with Gasteiger partial charge in [0.05, 0.1) is 16.6 Å². The molecule has 1 amide bonds. The number of nitrogens with zero attached hydrogens (tertiary/aromatic N) is 1. The molecule has 7 heteroatoms. The van der Waals surface area contributed by atoms with Crippen molar-refractivity contribution in [1.82, 2.24) is 4.90 Å². The maximum absolute atomic E-state index is 12.5. The van der Waals surface area contributed by atoms with Gasteiger partial charge in [-0.2, -0.15) is 0 Å². The lowest BCUT2D eigenvalue weighted by atomic mass is 10.2. The van der Waals surface area contributed by atoms with Crippen molar-refractivity contribution in [3.05, 3.63) is 32.4 Å². The van der Waals surface area contributed by atoms with E-state index in [0.29, 0.717) is 41.7 Å². The van der Waals surface area contributed by atoms with Crippen LogP contribution in [0.15, 0.2) is 18.2 Å². The van der Waals surface area contributed by atoms with E-state index in [1.807, 2.05) is 6.07 Å². The summed E-state index contributed by atoms with van der Waals surface area (Å²) < 4.78 is 5.93. The van der Waals surface area contributed by atoms with Crippen molar-refractivity contribution in [3.63, 3.8) is 0 Å². The lowest BCUT2D eigenvalue weighted by Gasteiger charge is -2.22. The molecule has 20 heavy (non-hydrogen) atoms. The maximum atomic E-state index is 12.5. The molecule has 0 atom stereocenters. The van der Waals surface area contributed by atoms with E-state index in [9.17, 15) is 4.79 Å². The van der Waals surface area contributed by atoms with Gasteiger partial charge in [-0.1, -0.05) is 23.8 Å². The summed E-state index contributed by atoms with van der Waals surface area (Å²) >= 11 is 13.0. The normalized spacial score (nSPS) is 10.3. The van der Waals surface area contributed by atoms with Gasteiger partial charge in [-0.3, -0.25) is 4.79 Å². The fraction of sp³-hybridized carbons (Fsp3) is 0.385. The molecule has 4 nitrogen and oxygen atoms in total. The summed E-state index contributed by atoms with van der Waals surface area (Å²) in [7, 11) is 1.60. The third-order valence-corrected chi connectivity index (χ3v) is 4.42. The van der Waals surface area contributed by atoms with E-state index >= 15 is 0 Å². The zero-order valence-electron chi connectivity index (χ0n) is 11.1. The zero-order valence-corrected chi connectivity index (χ0v) is 14.8. The van der Waals surface area contributed by atoms with E-state index in [1.165, 1.54) is 0 Å². The van der Waals surface area contributed by atoms with Crippen LogP contribution in [0.25, 0.3) is 0 Å². The molecular weight excluding hydrogens is 411 g/mol. The molecule has 110 valence electrons. The molecule has 0 heterocycles. The second-order valence-electron chi connectivity index (χ2n) is 4.13. The molecular formula is C13H16ClIN2O2S. The fourth-order valence-electron chi connectivity index (χ4n) is 1.57. The second-order valence-corrected chi connectivity index (χ2v) is 6.22. The minimum Gasteiger partial charge on any atom is -0.393 e. The lowest BCUT2D eigenvalue weighted by Crippen LogP contribution is -2.36. The first kappa shape index (κ1) is 17.6. The van der Waals surface area contributed by atoms with E-state index < -0.39 is 0 Å². The summed E-state index contributed by atoms with van der Waals surface area (Å²) in [6.45, 7) is 1.42. The predicted octanol–water partition coefficient (Wildman–Crippen LogP) is 2.71. The van der Waals surface area contributed by atoms with Gasteiger partial charge in [0.15, 0.2) is 0 Å². The van der Waals surface area contributed by atoms with Crippen LogP contribution in [0.4, 0.5) is 0 Å². The molecule has 0 fully saturated rings.